The van der Waals surface area contributed by atoms with Crippen LogP contribution in [0.1, 0.15) is 70.8 Å². The molecule has 0 aromatic heterocycles. The van der Waals surface area contributed by atoms with Gasteiger partial charge in [-0.1, -0.05) is 37.6 Å². The highest BCUT2D eigenvalue weighted by Gasteiger charge is 2.53. The Kier molecular flexibility index (Phi) is 6.16. The molecule has 2 atom stereocenters. The van der Waals surface area contributed by atoms with Crippen molar-refractivity contribution >= 4 is 23.5 Å². The second-order valence-electron chi connectivity index (χ2n) is 10.5. The van der Waals surface area contributed by atoms with Gasteiger partial charge in [0, 0.05) is 11.1 Å². The van der Waals surface area contributed by atoms with Crippen LogP contribution >= 0.6 is 11.6 Å². The van der Waals surface area contributed by atoms with Crippen LogP contribution in [0.3, 0.4) is 0 Å². The zero-order chi connectivity index (χ0) is 21.5. The molecule has 164 valence electrons. The molecule has 0 radical (unpaired) electrons. The van der Waals surface area contributed by atoms with E-state index in [1.54, 1.807) is 12.1 Å². The van der Waals surface area contributed by atoms with E-state index < -0.39 is 5.92 Å². The summed E-state index contributed by atoms with van der Waals surface area (Å²) in [5.41, 5.74) is 1.11. The molecule has 4 saturated carbocycles. The molecule has 5 heteroatoms. The van der Waals surface area contributed by atoms with Crippen LogP contribution in [0.15, 0.2) is 24.3 Å². The quantitative estimate of drug-likeness (QED) is 0.592. The summed E-state index contributed by atoms with van der Waals surface area (Å²) >= 11 is 5.97. The summed E-state index contributed by atoms with van der Waals surface area (Å²) in [6, 6.07) is 7.39. The van der Waals surface area contributed by atoms with E-state index in [0.29, 0.717) is 5.02 Å². The highest BCUT2D eigenvalue weighted by molar-refractivity contribution is 6.30. The first kappa shape index (κ1) is 21.7. The number of carbonyl (C=O) groups excluding carboxylic acids is 2. The second kappa shape index (κ2) is 8.53. The number of hydrogen-bond donors (Lipinski definition) is 1. The highest BCUT2D eigenvalue weighted by atomic mass is 35.5. The zero-order valence-electron chi connectivity index (χ0n) is 18.3. The van der Waals surface area contributed by atoms with Crippen LogP contribution in [0, 0.1) is 29.1 Å². The third-order valence-corrected chi connectivity index (χ3v) is 8.13. The van der Waals surface area contributed by atoms with Crippen LogP contribution < -0.4 is 5.32 Å². The fourth-order valence-electron chi connectivity index (χ4n) is 6.83. The van der Waals surface area contributed by atoms with Gasteiger partial charge < -0.3 is 10.1 Å². The van der Waals surface area contributed by atoms with Gasteiger partial charge in [-0.3, -0.25) is 9.59 Å². The fraction of sp³-hybridized carbons (Fsp3) is 0.680. The SMILES string of the molecule is CC(C)[C@@H](C(=O)OCC(=O)N[C@H](C)C12CC3CC(CC(C3)C1)C2)c1ccc(Cl)cc1. The summed E-state index contributed by atoms with van der Waals surface area (Å²) < 4.78 is 5.45. The number of rotatable bonds is 7. The molecule has 1 aromatic carbocycles. The van der Waals surface area contributed by atoms with E-state index in [2.05, 4.69) is 12.2 Å². The van der Waals surface area contributed by atoms with E-state index in [4.69, 9.17) is 16.3 Å². The second-order valence-corrected chi connectivity index (χ2v) is 10.9. The number of amides is 1. The Morgan fingerprint density at radius 2 is 1.57 bits per heavy atom. The number of nitrogens with one attached hydrogen (secondary N) is 1. The lowest BCUT2D eigenvalue weighted by atomic mass is 9.48. The highest BCUT2D eigenvalue weighted by Crippen LogP contribution is 2.61. The largest absolute Gasteiger partial charge is 0.455 e. The molecule has 0 heterocycles. The first-order chi connectivity index (χ1) is 14.3. The van der Waals surface area contributed by atoms with Crippen LogP contribution in [-0.2, 0) is 14.3 Å². The van der Waals surface area contributed by atoms with E-state index in [0.717, 1.165) is 23.3 Å². The van der Waals surface area contributed by atoms with Crippen molar-refractivity contribution in [3.63, 3.8) is 0 Å². The summed E-state index contributed by atoms with van der Waals surface area (Å²) in [4.78, 5) is 25.4. The van der Waals surface area contributed by atoms with Crippen molar-refractivity contribution in [2.24, 2.45) is 29.1 Å². The first-order valence-corrected chi connectivity index (χ1v) is 11.8. The molecule has 1 aromatic rings. The first-order valence-electron chi connectivity index (χ1n) is 11.5. The summed E-state index contributed by atoms with van der Waals surface area (Å²) in [7, 11) is 0. The monoisotopic (exact) mass is 431 g/mol. The minimum atomic E-state index is -0.407. The number of carbonyl (C=O) groups is 2. The lowest BCUT2D eigenvalue weighted by molar-refractivity contribution is -0.151. The maximum absolute atomic E-state index is 12.7. The molecule has 4 aliphatic carbocycles. The van der Waals surface area contributed by atoms with Crippen LogP contribution in [0.5, 0.6) is 0 Å². The molecule has 0 aliphatic heterocycles. The van der Waals surface area contributed by atoms with Gasteiger partial charge in [-0.15, -0.1) is 0 Å². The molecule has 1 amide bonds. The third kappa shape index (κ3) is 4.39. The number of esters is 1. The van der Waals surface area contributed by atoms with Crippen LogP contribution in [0.4, 0.5) is 0 Å². The molecule has 4 nitrogen and oxygen atoms in total. The number of ether oxygens (including phenoxy) is 1. The fourth-order valence-corrected chi connectivity index (χ4v) is 6.96. The normalized spacial score (nSPS) is 31.4. The molecule has 1 N–H and O–H groups in total. The maximum atomic E-state index is 12.7. The number of hydrogen-bond acceptors (Lipinski definition) is 3. The van der Waals surface area contributed by atoms with Crippen LogP contribution in [-0.4, -0.2) is 24.5 Å². The molecular formula is C25H34ClNO3. The molecule has 5 rings (SSSR count). The Morgan fingerprint density at radius 3 is 2.07 bits per heavy atom. The topological polar surface area (TPSA) is 55.4 Å². The molecule has 0 unspecified atom stereocenters. The van der Waals surface area contributed by atoms with Crippen molar-refractivity contribution in [2.75, 3.05) is 6.61 Å². The molecular weight excluding hydrogens is 398 g/mol. The smallest absolute Gasteiger partial charge is 0.314 e. The maximum Gasteiger partial charge on any atom is 0.314 e. The van der Waals surface area contributed by atoms with E-state index in [1.807, 2.05) is 26.0 Å². The number of halogens is 1. The van der Waals surface area contributed by atoms with Crippen molar-refractivity contribution in [1.29, 1.82) is 0 Å². The standard InChI is InChI=1S/C25H34ClNO3/c1-15(2)23(20-4-6-21(26)7-5-20)24(29)30-14-22(28)27-16(3)25-11-17-8-18(12-25)10-19(9-17)13-25/h4-7,15-19,23H,8-14H2,1-3H3,(H,27,28)/t16-,17?,18?,19?,23-,25?/m1/s1. The summed E-state index contributed by atoms with van der Waals surface area (Å²) in [5, 5.41) is 3.81. The van der Waals surface area contributed by atoms with Gasteiger partial charge in [-0.2, -0.15) is 0 Å². The van der Waals surface area contributed by atoms with Crippen molar-refractivity contribution in [3.05, 3.63) is 34.9 Å². The Balaban J connectivity index is 1.32. The molecule has 0 saturated heterocycles. The van der Waals surface area contributed by atoms with E-state index >= 15 is 0 Å². The van der Waals surface area contributed by atoms with E-state index in [9.17, 15) is 9.59 Å². The van der Waals surface area contributed by atoms with Crippen LogP contribution in [0.2, 0.25) is 5.02 Å². The predicted molar refractivity (Wildman–Crippen MR) is 118 cm³/mol. The Hall–Kier alpha value is -1.55. The van der Waals surface area contributed by atoms with Gasteiger partial charge in [0.15, 0.2) is 6.61 Å². The van der Waals surface area contributed by atoms with E-state index in [-0.39, 0.29) is 35.9 Å². The minimum absolute atomic E-state index is 0.0627. The van der Waals surface area contributed by atoms with Gasteiger partial charge in [-0.25, -0.2) is 0 Å². The predicted octanol–water partition coefficient (Wildman–Crippen LogP) is 5.34. The van der Waals surface area contributed by atoms with E-state index in [1.165, 1.54) is 38.5 Å². The third-order valence-electron chi connectivity index (χ3n) is 7.88. The number of benzene rings is 1. The molecule has 4 aliphatic rings. The Morgan fingerprint density at radius 1 is 1.03 bits per heavy atom. The van der Waals surface area contributed by atoms with Gasteiger partial charge in [0.25, 0.3) is 5.91 Å². The Labute approximate surface area is 185 Å². The van der Waals surface area contributed by atoms with Crippen molar-refractivity contribution in [2.45, 2.75) is 71.3 Å². The molecule has 30 heavy (non-hydrogen) atoms. The average molecular weight is 432 g/mol. The van der Waals surface area contributed by atoms with Crippen molar-refractivity contribution in [1.82, 2.24) is 5.32 Å². The zero-order valence-corrected chi connectivity index (χ0v) is 19.1. The van der Waals surface area contributed by atoms with Gasteiger partial charge in [-0.05, 0) is 92.2 Å². The summed E-state index contributed by atoms with van der Waals surface area (Å²) in [5.74, 6) is 1.65. The van der Waals surface area contributed by atoms with Crippen LogP contribution in [0.25, 0.3) is 0 Å². The molecule has 4 fully saturated rings. The van der Waals surface area contributed by atoms with Gasteiger partial charge >= 0.3 is 5.97 Å². The summed E-state index contributed by atoms with van der Waals surface area (Å²) in [6.07, 6.45) is 7.89. The molecule has 0 spiro atoms. The van der Waals surface area contributed by atoms with Gasteiger partial charge in [0.2, 0.25) is 0 Å². The minimum Gasteiger partial charge on any atom is -0.455 e. The summed E-state index contributed by atoms with van der Waals surface area (Å²) in [6.45, 7) is 5.90. The van der Waals surface area contributed by atoms with Gasteiger partial charge in [0.1, 0.15) is 0 Å². The molecule has 4 bridgehead atoms. The van der Waals surface area contributed by atoms with Crippen molar-refractivity contribution in [3.8, 4) is 0 Å². The Bertz CT molecular complexity index is 753. The average Bonchev–Trinajstić information content (AvgIpc) is 2.67. The van der Waals surface area contributed by atoms with Crippen molar-refractivity contribution < 1.29 is 14.3 Å². The lowest BCUT2D eigenvalue weighted by Crippen LogP contribution is -2.56. The lowest BCUT2D eigenvalue weighted by Gasteiger charge is -2.59. The van der Waals surface area contributed by atoms with Gasteiger partial charge in [0.05, 0.1) is 5.92 Å².